The van der Waals surface area contributed by atoms with Crippen molar-refractivity contribution in [3.63, 3.8) is 0 Å². The van der Waals surface area contributed by atoms with E-state index < -0.39 is 15.6 Å². The van der Waals surface area contributed by atoms with Crippen molar-refractivity contribution in [1.82, 2.24) is 14.9 Å². The highest BCUT2D eigenvalue weighted by atomic mass is 32.2. The molecule has 1 fully saturated rings. The minimum absolute atomic E-state index is 0.0973. The number of amides is 1. The lowest BCUT2D eigenvalue weighted by atomic mass is 10.0. The van der Waals surface area contributed by atoms with Gasteiger partial charge in [-0.3, -0.25) is 9.69 Å². The molecule has 0 spiro atoms. The fourth-order valence-corrected chi connectivity index (χ4v) is 5.07. The number of nitrogens with zero attached hydrogens (tertiary/aromatic N) is 1. The zero-order chi connectivity index (χ0) is 22.5. The Bertz CT molecular complexity index is 825. The topological polar surface area (TPSA) is 87.7 Å². The monoisotopic (exact) mass is 439 g/mol. The van der Waals surface area contributed by atoms with E-state index in [1.54, 1.807) is 26.8 Å². The summed E-state index contributed by atoms with van der Waals surface area (Å²) in [7, 11) is -3.71. The Hall–Kier alpha value is -1.48. The average Bonchev–Trinajstić information content (AvgIpc) is 2.63. The zero-order valence-corrected chi connectivity index (χ0v) is 19.9. The number of carbonyl (C=O) groups is 1. The first-order valence-electron chi connectivity index (χ1n) is 10.6. The van der Waals surface area contributed by atoms with Crippen LogP contribution >= 0.6 is 0 Å². The Morgan fingerprint density at radius 3 is 2.40 bits per heavy atom. The maximum absolute atomic E-state index is 12.9. The highest BCUT2D eigenvalue weighted by Crippen LogP contribution is 2.18. The van der Waals surface area contributed by atoms with E-state index in [2.05, 4.69) is 28.8 Å². The molecule has 0 bridgehead atoms. The van der Waals surface area contributed by atoms with Crippen LogP contribution in [0.1, 0.15) is 57.0 Å². The zero-order valence-electron chi connectivity index (χ0n) is 19.1. The Kier molecular flexibility index (Phi) is 8.44. The molecule has 0 aromatic heterocycles. The number of nitrogens with one attached hydrogen (secondary N) is 2. The number of rotatable bonds is 8. The molecule has 1 aliphatic heterocycles. The molecule has 0 aliphatic carbocycles. The van der Waals surface area contributed by atoms with Crippen molar-refractivity contribution >= 4 is 15.9 Å². The molecule has 7 nitrogen and oxygen atoms in total. The van der Waals surface area contributed by atoms with E-state index in [-0.39, 0.29) is 16.8 Å². The van der Waals surface area contributed by atoms with Crippen LogP contribution in [0.3, 0.4) is 0 Å². The highest BCUT2D eigenvalue weighted by Gasteiger charge is 2.25. The molecule has 170 valence electrons. The molecule has 1 aromatic carbocycles. The number of sulfonamides is 1. The summed E-state index contributed by atoms with van der Waals surface area (Å²) in [4.78, 5) is 15.4. The second-order valence-electron chi connectivity index (χ2n) is 9.47. The molecule has 0 unspecified atom stereocenters. The predicted molar refractivity (Wildman–Crippen MR) is 119 cm³/mol. The van der Waals surface area contributed by atoms with Gasteiger partial charge in [0.1, 0.15) is 0 Å². The quantitative estimate of drug-likeness (QED) is 0.650. The lowest BCUT2D eigenvalue weighted by Crippen LogP contribution is -2.49. The lowest BCUT2D eigenvalue weighted by Gasteiger charge is -2.35. The number of morpholine rings is 1. The fourth-order valence-electron chi connectivity index (χ4n) is 3.63. The highest BCUT2D eigenvalue weighted by molar-refractivity contribution is 7.89. The van der Waals surface area contributed by atoms with Crippen molar-refractivity contribution in [2.75, 3.05) is 32.8 Å². The molecule has 1 amide bonds. The summed E-state index contributed by atoms with van der Waals surface area (Å²) in [5.74, 6) is 0.260. The van der Waals surface area contributed by atoms with Crippen LogP contribution in [0, 0.1) is 12.8 Å². The third-order valence-electron chi connectivity index (χ3n) is 5.01. The number of hydrogen-bond donors (Lipinski definition) is 2. The third-order valence-corrected chi connectivity index (χ3v) is 6.76. The molecular formula is C22H37N3O4S. The maximum atomic E-state index is 12.9. The van der Waals surface area contributed by atoms with E-state index in [0.717, 1.165) is 25.1 Å². The maximum Gasteiger partial charge on any atom is 0.251 e. The molecule has 1 aromatic rings. The van der Waals surface area contributed by atoms with Gasteiger partial charge in [-0.15, -0.1) is 0 Å². The minimum atomic E-state index is -3.71. The molecule has 1 aliphatic rings. The summed E-state index contributed by atoms with van der Waals surface area (Å²) in [6.45, 7) is 15.2. The number of carbonyl (C=O) groups excluding carboxylic acids is 1. The summed E-state index contributed by atoms with van der Waals surface area (Å²) in [6, 6.07) is 4.91. The molecule has 1 atom stereocenters. The standard InChI is InChI=1S/C22H37N3O4S/c1-16(2)13-18(25-9-11-29-12-10-25)15-23-21(26)20-14-19(8-7-17(20)3)30(27,28)24-22(4,5)6/h7-8,14,16,18,24H,9-13,15H2,1-6H3,(H,23,26)/t18-/m1/s1. The van der Waals surface area contributed by atoms with E-state index in [1.807, 2.05) is 6.92 Å². The van der Waals surface area contributed by atoms with Crippen molar-refractivity contribution in [3.05, 3.63) is 29.3 Å². The molecule has 0 saturated carbocycles. The number of hydrogen-bond acceptors (Lipinski definition) is 5. The molecule has 1 saturated heterocycles. The van der Waals surface area contributed by atoms with Crippen LogP contribution in [0.5, 0.6) is 0 Å². The molecule has 1 heterocycles. The van der Waals surface area contributed by atoms with Gasteiger partial charge in [0.15, 0.2) is 0 Å². The summed E-state index contributed by atoms with van der Waals surface area (Å²) in [5, 5.41) is 3.03. The number of aryl methyl sites for hydroxylation is 1. The normalized spacial score (nSPS) is 17.2. The van der Waals surface area contributed by atoms with E-state index in [0.29, 0.717) is 31.2 Å². The van der Waals surface area contributed by atoms with Crippen molar-refractivity contribution in [1.29, 1.82) is 0 Å². The van der Waals surface area contributed by atoms with E-state index in [9.17, 15) is 13.2 Å². The predicted octanol–water partition coefficient (Wildman–Crippen LogP) is 2.55. The lowest BCUT2D eigenvalue weighted by molar-refractivity contribution is 0.0124. The van der Waals surface area contributed by atoms with Crippen molar-refractivity contribution in [2.24, 2.45) is 5.92 Å². The van der Waals surface area contributed by atoms with E-state index in [1.165, 1.54) is 12.1 Å². The van der Waals surface area contributed by atoms with Gasteiger partial charge in [-0.25, -0.2) is 13.1 Å². The van der Waals surface area contributed by atoms with Crippen molar-refractivity contribution in [3.8, 4) is 0 Å². The molecule has 2 N–H and O–H groups in total. The smallest absolute Gasteiger partial charge is 0.251 e. The number of ether oxygens (including phenoxy) is 1. The van der Waals surface area contributed by atoms with Gasteiger partial charge in [0.25, 0.3) is 5.91 Å². The van der Waals surface area contributed by atoms with Crippen LogP contribution < -0.4 is 10.0 Å². The molecule has 0 radical (unpaired) electrons. The van der Waals surface area contributed by atoms with Gasteiger partial charge >= 0.3 is 0 Å². The molecule has 2 rings (SSSR count). The van der Waals surface area contributed by atoms with Gasteiger partial charge in [0.2, 0.25) is 10.0 Å². The first-order valence-corrected chi connectivity index (χ1v) is 12.1. The first-order chi connectivity index (χ1) is 13.9. The van der Waals surface area contributed by atoms with Crippen molar-refractivity contribution in [2.45, 2.75) is 64.4 Å². The fraction of sp³-hybridized carbons (Fsp3) is 0.682. The minimum Gasteiger partial charge on any atom is -0.379 e. The summed E-state index contributed by atoms with van der Waals surface area (Å²) in [6.07, 6.45) is 0.975. The molecular weight excluding hydrogens is 402 g/mol. The van der Waals surface area contributed by atoms with Crippen LogP contribution in [0.4, 0.5) is 0 Å². The molecule has 8 heteroatoms. The summed E-state index contributed by atoms with van der Waals surface area (Å²) < 4.78 is 33.4. The van der Waals surface area contributed by atoms with Crippen LogP contribution in [-0.2, 0) is 14.8 Å². The summed E-state index contributed by atoms with van der Waals surface area (Å²) >= 11 is 0. The van der Waals surface area contributed by atoms with Gasteiger partial charge < -0.3 is 10.1 Å². The largest absolute Gasteiger partial charge is 0.379 e. The first kappa shape index (κ1) is 24.8. The SMILES string of the molecule is Cc1ccc(S(=O)(=O)NC(C)(C)C)cc1C(=O)NC[C@@H](CC(C)C)N1CCOCC1. The van der Waals surface area contributed by atoms with E-state index >= 15 is 0 Å². The van der Waals surface area contributed by atoms with Crippen LogP contribution in [0.2, 0.25) is 0 Å². The molecule has 30 heavy (non-hydrogen) atoms. The van der Waals surface area contributed by atoms with Crippen LogP contribution in [-0.4, -0.2) is 63.7 Å². The van der Waals surface area contributed by atoms with Gasteiger partial charge in [-0.05, 0) is 57.7 Å². The van der Waals surface area contributed by atoms with Gasteiger partial charge in [0.05, 0.1) is 18.1 Å². The second-order valence-corrected chi connectivity index (χ2v) is 11.2. The Labute approximate surface area is 181 Å². The van der Waals surface area contributed by atoms with Gasteiger partial charge in [0, 0.05) is 36.8 Å². The van der Waals surface area contributed by atoms with Gasteiger partial charge in [-0.1, -0.05) is 19.9 Å². The Balaban J connectivity index is 2.15. The summed E-state index contributed by atoms with van der Waals surface area (Å²) in [5.41, 5.74) is 0.528. The third kappa shape index (κ3) is 7.34. The number of benzene rings is 1. The van der Waals surface area contributed by atoms with Crippen molar-refractivity contribution < 1.29 is 17.9 Å². The Morgan fingerprint density at radius 1 is 1.20 bits per heavy atom. The Morgan fingerprint density at radius 2 is 1.83 bits per heavy atom. The van der Waals surface area contributed by atoms with Gasteiger partial charge in [-0.2, -0.15) is 0 Å². The van der Waals surface area contributed by atoms with Crippen LogP contribution in [0.25, 0.3) is 0 Å². The average molecular weight is 440 g/mol. The second kappa shape index (κ2) is 10.2. The van der Waals surface area contributed by atoms with Crippen LogP contribution in [0.15, 0.2) is 23.1 Å². The van der Waals surface area contributed by atoms with E-state index in [4.69, 9.17) is 4.74 Å².